The molecule has 0 saturated heterocycles. The minimum atomic E-state index is 0.436. The quantitative estimate of drug-likeness (QED) is 0.648. The van der Waals surface area contributed by atoms with Crippen LogP contribution in [0, 0.1) is 22.7 Å². The Morgan fingerprint density at radius 1 is 0.765 bits per heavy atom. The van der Waals surface area contributed by atoms with E-state index in [-0.39, 0.29) is 0 Å². The summed E-state index contributed by atoms with van der Waals surface area (Å²) in [5.74, 6) is 1.49. The van der Waals surface area contributed by atoms with Crippen molar-refractivity contribution in [1.29, 1.82) is 0 Å². The molecule has 0 aliphatic heterocycles. The van der Waals surface area contributed by atoms with Crippen LogP contribution in [0.15, 0.2) is 0 Å². The monoisotopic (exact) mass is 241 g/mol. The van der Waals surface area contributed by atoms with Crippen molar-refractivity contribution in [3.05, 3.63) is 0 Å². The van der Waals surface area contributed by atoms with Crippen molar-refractivity contribution in [3.63, 3.8) is 0 Å². The molecule has 0 aliphatic carbocycles. The Bertz CT molecular complexity index is 188. The van der Waals surface area contributed by atoms with Crippen LogP contribution < -0.4 is 5.32 Å². The third kappa shape index (κ3) is 4.62. The summed E-state index contributed by atoms with van der Waals surface area (Å²) in [6.07, 6.45) is 2.50. The molecule has 17 heavy (non-hydrogen) atoms. The molecular weight excluding hydrogens is 206 g/mol. The molecule has 104 valence electrons. The molecule has 0 saturated carbocycles. The van der Waals surface area contributed by atoms with E-state index >= 15 is 0 Å². The molecule has 2 atom stereocenters. The molecule has 0 aromatic carbocycles. The van der Waals surface area contributed by atoms with Crippen LogP contribution in [-0.2, 0) is 0 Å². The lowest BCUT2D eigenvalue weighted by Gasteiger charge is -2.37. The molecule has 0 heterocycles. The highest BCUT2D eigenvalue weighted by Crippen LogP contribution is 2.32. The van der Waals surface area contributed by atoms with Crippen molar-refractivity contribution in [2.75, 3.05) is 13.1 Å². The van der Waals surface area contributed by atoms with Crippen LogP contribution in [0.2, 0.25) is 0 Å². The molecule has 0 aliphatic rings. The Morgan fingerprint density at radius 2 is 1.06 bits per heavy atom. The summed E-state index contributed by atoms with van der Waals surface area (Å²) in [6, 6.07) is 0. The zero-order chi connectivity index (χ0) is 13.7. The fourth-order valence-corrected chi connectivity index (χ4v) is 2.11. The molecular formula is C16H35N. The van der Waals surface area contributed by atoms with Crippen molar-refractivity contribution in [2.24, 2.45) is 22.7 Å². The largest absolute Gasteiger partial charge is 0.316 e. The van der Waals surface area contributed by atoms with Crippen molar-refractivity contribution >= 4 is 0 Å². The SMILES string of the molecule is CCC(C)(CNCC(C)(CC)C(C)C)C(C)C. The second kappa shape index (κ2) is 6.78. The van der Waals surface area contributed by atoms with Crippen LogP contribution in [0.1, 0.15) is 68.2 Å². The van der Waals surface area contributed by atoms with E-state index in [4.69, 9.17) is 0 Å². The fourth-order valence-electron chi connectivity index (χ4n) is 2.11. The van der Waals surface area contributed by atoms with Crippen molar-refractivity contribution in [1.82, 2.24) is 5.32 Å². The maximum Gasteiger partial charge on any atom is 0.000774 e. The van der Waals surface area contributed by atoms with E-state index in [0.717, 1.165) is 24.9 Å². The first-order chi connectivity index (χ1) is 7.72. The normalized spacial score (nSPS) is 19.4. The van der Waals surface area contributed by atoms with Gasteiger partial charge in [-0.1, -0.05) is 55.4 Å². The van der Waals surface area contributed by atoms with Gasteiger partial charge in [0.25, 0.3) is 0 Å². The zero-order valence-corrected chi connectivity index (χ0v) is 13.5. The predicted molar refractivity (Wildman–Crippen MR) is 79.3 cm³/mol. The molecule has 2 unspecified atom stereocenters. The van der Waals surface area contributed by atoms with Gasteiger partial charge in [0.05, 0.1) is 0 Å². The standard InChI is InChI=1S/C16H35N/c1-9-15(7,13(3)4)11-17-12-16(8,10-2)14(5)6/h13-14,17H,9-12H2,1-8H3. The predicted octanol–water partition coefficient (Wildman–Crippen LogP) is 4.72. The molecule has 1 N–H and O–H groups in total. The highest BCUT2D eigenvalue weighted by atomic mass is 14.9. The van der Waals surface area contributed by atoms with Gasteiger partial charge in [-0.05, 0) is 35.5 Å². The molecule has 0 bridgehead atoms. The van der Waals surface area contributed by atoms with Crippen LogP contribution in [0.25, 0.3) is 0 Å². The summed E-state index contributed by atoms with van der Waals surface area (Å²) in [5, 5.41) is 3.73. The van der Waals surface area contributed by atoms with Crippen LogP contribution in [0.3, 0.4) is 0 Å². The average molecular weight is 241 g/mol. The molecule has 0 radical (unpaired) electrons. The molecule has 1 nitrogen and oxygen atoms in total. The molecule has 0 rings (SSSR count). The Balaban J connectivity index is 4.30. The van der Waals surface area contributed by atoms with Crippen molar-refractivity contribution < 1.29 is 0 Å². The highest BCUT2D eigenvalue weighted by Gasteiger charge is 2.29. The van der Waals surface area contributed by atoms with E-state index in [0.29, 0.717) is 10.8 Å². The van der Waals surface area contributed by atoms with Gasteiger partial charge in [0, 0.05) is 13.1 Å². The second-order valence-corrected chi connectivity index (χ2v) is 6.93. The Morgan fingerprint density at radius 3 is 1.24 bits per heavy atom. The Labute approximate surface area is 110 Å². The zero-order valence-electron chi connectivity index (χ0n) is 13.5. The van der Waals surface area contributed by atoms with Crippen LogP contribution in [-0.4, -0.2) is 13.1 Å². The molecule has 0 aromatic heterocycles. The second-order valence-electron chi connectivity index (χ2n) is 6.93. The van der Waals surface area contributed by atoms with E-state index in [9.17, 15) is 0 Å². The summed E-state index contributed by atoms with van der Waals surface area (Å²) >= 11 is 0. The van der Waals surface area contributed by atoms with Gasteiger partial charge in [0.1, 0.15) is 0 Å². The Kier molecular flexibility index (Phi) is 6.76. The van der Waals surface area contributed by atoms with Gasteiger partial charge in [-0.15, -0.1) is 0 Å². The average Bonchev–Trinajstić information content (AvgIpc) is 2.27. The lowest BCUT2D eigenvalue weighted by atomic mass is 9.75. The van der Waals surface area contributed by atoms with Gasteiger partial charge >= 0.3 is 0 Å². The maximum atomic E-state index is 3.73. The Hall–Kier alpha value is -0.0400. The van der Waals surface area contributed by atoms with Crippen LogP contribution >= 0.6 is 0 Å². The topological polar surface area (TPSA) is 12.0 Å². The first-order valence-electron chi connectivity index (χ1n) is 7.42. The summed E-state index contributed by atoms with van der Waals surface area (Å²) < 4.78 is 0. The lowest BCUT2D eigenvalue weighted by molar-refractivity contribution is 0.159. The van der Waals surface area contributed by atoms with Crippen LogP contribution in [0.5, 0.6) is 0 Å². The van der Waals surface area contributed by atoms with Gasteiger partial charge in [-0.25, -0.2) is 0 Å². The smallest absolute Gasteiger partial charge is 0.000774 e. The third-order valence-electron chi connectivity index (χ3n) is 5.46. The number of hydrogen-bond acceptors (Lipinski definition) is 1. The van der Waals surface area contributed by atoms with Gasteiger partial charge in [-0.3, -0.25) is 0 Å². The summed E-state index contributed by atoms with van der Waals surface area (Å²) in [6.45, 7) is 21.1. The van der Waals surface area contributed by atoms with Gasteiger partial charge in [-0.2, -0.15) is 0 Å². The van der Waals surface area contributed by atoms with E-state index in [1.165, 1.54) is 12.8 Å². The summed E-state index contributed by atoms with van der Waals surface area (Å²) in [5.41, 5.74) is 0.872. The first-order valence-corrected chi connectivity index (χ1v) is 7.42. The summed E-state index contributed by atoms with van der Waals surface area (Å²) in [7, 11) is 0. The lowest BCUT2D eigenvalue weighted by Crippen LogP contribution is -2.42. The van der Waals surface area contributed by atoms with E-state index < -0.39 is 0 Å². The number of rotatable bonds is 8. The van der Waals surface area contributed by atoms with E-state index in [2.05, 4.69) is 60.7 Å². The first kappa shape index (κ1) is 17.0. The minimum absolute atomic E-state index is 0.436. The number of nitrogens with one attached hydrogen (secondary N) is 1. The van der Waals surface area contributed by atoms with Crippen LogP contribution in [0.4, 0.5) is 0 Å². The maximum absolute atomic E-state index is 3.73. The molecule has 0 amide bonds. The minimum Gasteiger partial charge on any atom is -0.316 e. The molecule has 1 heteroatoms. The van der Waals surface area contributed by atoms with Crippen molar-refractivity contribution in [3.8, 4) is 0 Å². The van der Waals surface area contributed by atoms with E-state index in [1.54, 1.807) is 0 Å². The molecule has 0 spiro atoms. The summed E-state index contributed by atoms with van der Waals surface area (Å²) in [4.78, 5) is 0. The van der Waals surface area contributed by atoms with Gasteiger partial charge in [0.15, 0.2) is 0 Å². The fraction of sp³-hybridized carbons (Fsp3) is 1.00. The van der Waals surface area contributed by atoms with E-state index in [1.807, 2.05) is 0 Å². The van der Waals surface area contributed by atoms with Crippen molar-refractivity contribution in [2.45, 2.75) is 68.2 Å². The van der Waals surface area contributed by atoms with Gasteiger partial charge < -0.3 is 5.32 Å². The number of hydrogen-bond donors (Lipinski definition) is 1. The molecule has 0 fully saturated rings. The molecule has 0 aromatic rings. The highest BCUT2D eigenvalue weighted by molar-refractivity contribution is 4.83. The third-order valence-corrected chi connectivity index (χ3v) is 5.46. The van der Waals surface area contributed by atoms with Gasteiger partial charge in [0.2, 0.25) is 0 Å².